The summed E-state index contributed by atoms with van der Waals surface area (Å²) in [6.45, 7) is 5.89. The zero-order chi connectivity index (χ0) is 32.6. The van der Waals surface area contributed by atoms with E-state index in [2.05, 4.69) is 13.8 Å². The highest BCUT2D eigenvalue weighted by atomic mass is 16.4. The molecule has 0 bridgehead atoms. The SMILES string of the molecule is CCCCN(CCCC)C(=O)c1cn(Cc2ccccc2)c(-c2ccc(C(=O)O)cc2C(=O)N2Cc3ccccc3CC2CO)n1. The molecule has 2 N–H and O–H groups in total. The first-order valence-electron chi connectivity index (χ1n) is 16.1. The van der Waals surface area contributed by atoms with Gasteiger partial charge in [-0.25, -0.2) is 9.78 Å². The van der Waals surface area contributed by atoms with Crippen molar-refractivity contribution in [3.63, 3.8) is 0 Å². The Labute approximate surface area is 270 Å². The van der Waals surface area contributed by atoms with E-state index in [9.17, 15) is 24.6 Å². The molecule has 9 nitrogen and oxygen atoms in total. The van der Waals surface area contributed by atoms with Gasteiger partial charge in [-0.15, -0.1) is 0 Å². The average Bonchev–Trinajstić information content (AvgIpc) is 3.50. The Hall–Kier alpha value is -4.76. The molecule has 3 aromatic carbocycles. The number of hydrogen-bond acceptors (Lipinski definition) is 5. The summed E-state index contributed by atoms with van der Waals surface area (Å²) in [5, 5.41) is 20.2. The molecule has 2 amide bonds. The van der Waals surface area contributed by atoms with Crippen molar-refractivity contribution in [2.45, 2.75) is 65.1 Å². The van der Waals surface area contributed by atoms with Crippen LogP contribution in [0.15, 0.2) is 79.0 Å². The highest BCUT2D eigenvalue weighted by Gasteiger charge is 2.33. The predicted octanol–water partition coefficient (Wildman–Crippen LogP) is 5.90. The molecule has 0 saturated carbocycles. The van der Waals surface area contributed by atoms with E-state index in [4.69, 9.17) is 4.98 Å². The quantitative estimate of drug-likeness (QED) is 0.192. The van der Waals surface area contributed by atoms with Crippen LogP contribution in [0.25, 0.3) is 11.4 Å². The largest absolute Gasteiger partial charge is 0.478 e. The van der Waals surface area contributed by atoms with Gasteiger partial charge in [-0.05, 0) is 54.2 Å². The zero-order valence-corrected chi connectivity index (χ0v) is 26.6. The monoisotopic (exact) mass is 622 g/mol. The van der Waals surface area contributed by atoms with Gasteiger partial charge in [0.1, 0.15) is 11.5 Å². The first-order valence-corrected chi connectivity index (χ1v) is 16.1. The smallest absolute Gasteiger partial charge is 0.335 e. The van der Waals surface area contributed by atoms with Gasteiger partial charge < -0.3 is 24.6 Å². The Bertz CT molecular complexity index is 1670. The molecule has 5 rings (SSSR count). The van der Waals surface area contributed by atoms with Crippen LogP contribution >= 0.6 is 0 Å². The molecule has 1 unspecified atom stereocenters. The fourth-order valence-corrected chi connectivity index (χ4v) is 6.00. The van der Waals surface area contributed by atoms with Gasteiger partial charge in [0.05, 0.1) is 23.8 Å². The number of rotatable bonds is 13. The Morgan fingerprint density at radius 2 is 1.59 bits per heavy atom. The van der Waals surface area contributed by atoms with Crippen LogP contribution in [0.5, 0.6) is 0 Å². The number of hydrogen-bond donors (Lipinski definition) is 2. The molecule has 1 aromatic heterocycles. The summed E-state index contributed by atoms with van der Waals surface area (Å²) >= 11 is 0. The first-order chi connectivity index (χ1) is 22.3. The number of imidazole rings is 1. The van der Waals surface area contributed by atoms with Crippen molar-refractivity contribution in [3.8, 4) is 11.4 Å². The van der Waals surface area contributed by atoms with Crippen LogP contribution in [-0.4, -0.2) is 73.1 Å². The fourth-order valence-electron chi connectivity index (χ4n) is 6.00. The molecule has 1 aliphatic rings. The van der Waals surface area contributed by atoms with Crippen molar-refractivity contribution in [1.82, 2.24) is 19.4 Å². The molecule has 2 heterocycles. The topological polar surface area (TPSA) is 116 Å². The molecule has 9 heteroatoms. The number of carboxylic acid groups (broad SMARTS) is 1. The molecule has 0 saturated heterocycles. The van der Waals surface area contributed by atoms with Gasteiger partial charge in [0.15, 0.2) is 0 Å². The van der Waals surface area contributed by atoms with Gasteiger partial charge >= 0.3 is 5.97 Å². The highest BCUT2D eigenvalue weighted by Crippen LogP contribution is 2.31. The van der Waals surface area contributed by atoms with Crippen LogP contribution in [0, 0.1) is 0 Å². The maximum absolute atomic E-state index is 14.4. The average molecular weight is 623 g/mol. The van der Waals surface area contributed by atoms with E-state index < -0.39 is 17.9 Å². The van der Waals surface area contributed by atoms with E-state index in [-0.39, 0.29) is 35.9 Å². The Balaban J connectivity index is 1.62. The van der Waals surface area contributed by atoms with Gasteiger partial charge in [0.25, 0.3) is 11.8 Å². The number of carbonyl (C=O) groups excluding carboxylic acids is 2. The number of aromatic carboxylic acids is 1. The van der Waals surface area contributed by atoms with Crippen LogP contribution in [0.3, 0.4) is 0 Å². The van der Waals surface area contributed by atoms with E-state index >= 15 is 0 Å². The lowest BCUT2D eigenvalue weighted by atomic mass is 9.92. The number of fused-ring (bicyclic) bond motifs is 1. The van der Waals surface area contributed by atoms with Crippen molar-refractivity contribution in [3.05, 3.63) is 113 Å². The van der Waals surface area contributed by atoms with Crippen LogP contribution in [-0.2, 0) is 19.5 Å². The fraction of sp³-hybridized carbons (Fsp3) is 0.351. The van der Waals surface area contributed by atoms with Gasteiger partial charge in [0.2, 0.25) is 0 Å². The number of unbranched alkanes of at least 4 members (excludes halogenated alkanes) is 2. The molecule has 0 aliphatic carbocycles. The van der Waals surface area contributed by atoms with E-state index in [1.807, 2.05) is 64.1 Å². The number of carbonyl (C=O) groups is 3. The Morgan fingerprint density at radius 3 is 2.24 bits per heavy atom. The summed E-state index contributed by atoms with van der Waals surface area (Å²) in [6.07, 6.45) is 5.91. The number of aromatic nitrogens is 2. The first kappa shape index (κ1) is 32.6. The Kier molecular flexibility index (Phi) is 10.6. The van der Waals surface area contributed by atoms with Crippen molar-refractivity contribution < 1.29 is 24.6 Å². The van der Waals surface area contributed by atoms with Gasteiger partial charge in [-0.2, -0.15) is 0 Å². The van der Waals surface area contributed by atoms with E-state index in [1.54, 1.807) is 17.2 Å². The molecule has 1 atom stereocenters. The third-order valence-electron chi connectivity index (χ3n) is 8.61. The summed E-state index contributed by atoms with van der Waals surface area (Å²) in [5.74, 6) is -1.33. The van der Waals surface area contributed by atoms with Crippen LogP contribution in [0.4, 0.5) is 0 Å². The number of carboxylic acids is 1. The molecular weight excluding hydrogens is 580 g/mol. The molecule has 0 spiro atoms. The number of aliphatic hydroxyl groups is 1. The Morgan fingerprint density at radius 1 is 0.913 bits per heavy atom. The lowest BCUT2D eigenvalue weighted by Crippen LogP contribution is -2.46. The molecule has 1 aliphatic heterocycles. The van der Waals surface area contributed by atoms with Crippen molar-refractivity contribution >= 4 is 17.8 Å². The van der Waals surface area contributed by atoms with Crippen LogP contribution in [0.2, 0.25) is 0 Å². The van der Waals surface area contributed by atoms with Crippen molar-refractivity contribution in [1.29, 1.82) is 0 Å². The van der Waals surface area contributed by atoms with Crippen LogP contribution in [0.1, 0.15) is 87.4 Å². The molecule has 4 aromatic rings. The molecule has 0 fully saturated rings. The maximum Gasteiger partial charge on any atom is 0.335 e. The summed E-state index contributed by atoms with van der Waals surface area (Å²) in [5.41, 5.74) is 3.86. The van der Waals surface area contributed by atoms with E-state index in [0.717, 1.165) is 42.4 Å². The minimum atomic E-state index is -1.16. The van der Waals surface area contributed by atoms with Gasteiger partial charge in [-0.3, -0.25) is 9.59 Å². The number of benzene rings is 3. The van der Waals surface area contributed by atoms with Crippen molar-refractivity contribution in [2.75, 3.05) is 19.7 Å². The summed E-state index contributed by atoms with van der Waals surface area (Å²) < 4.78 is 1.86. The van der Waals surface area contributed by atoms with E-state index in [0.29, 0.717) is 37.4 Å². The lowest BCUT2D eigenvalue weighted by Gasteiger charge is -2.36. The zero-order valence-electron chi connectivity index (χ0n) is 26.6. The maximum atomic E-state index is 14.4. The van der Waals surface area contributed by atoms with Crippen LogP contribution < -0.4 is 0 Å². The second kappa shape index (κ2) is 15.0. The standard InChI is InChI=1S/C37H42N4O5/c1-3-5-18-39(19-6-4-2)36(44)33-24-40(22-26-12-8-7-9-13-26)34(38-33)31-17-16-28(37(45)46)21-32(31)35(43)41-23-29-15-11-10-14-27(29)20-30(41)25-42/h7-17,21,24,30,42H,3-6,18-20,22-23,25H2,1-2H3,(H,45,46). The molecule has 0 radical (unpaired) electrons. The molecule has 240 valence electrons. The second-order valence-corrected chi connectivity index (χ2v) is 11.9. The third kappa shape index (κ3) is 7.21. The molecule has 46 heavy (non-hydrogen) atoms. The summed E-state index contributed by atoms with van der Waals surface area (Å²) in [6, 6.07) is 21.6. The summed E-state index contributed by atoms with van der Waals surface area (Å²) in [7, 11) is 0. The number of amides is 2. The highest BCUT2D eigenvalue weighted by molar-refractivity contribution is 6.03. The van der Waals surface area contributed by atoms with Crippen molar-refractivity contribution in [2.24, 2.45) is 0 Å². The summed E-state index contributed by atoms with van der Waals surface area (Å²) in [4.78, 5) is 48.7. The molecular formula is C37H42N4O5. The second-order valence-electron chi connectivity index (χ2n) is 11.9. The number of aliphatic hydroxyl groups excluding tert-OH is 1. The van der Waals surface area contributed by atoms with Gasteiger partial charge in [-0.1, -0.05) is 81.3 Å². The minimum absolute atomic E-state index is 0.0344. The van der Waals surface area contributed by atoms with E-state index in [1.165, 1.54) is 12.1 Å². The predicted molar refractivity (Wildman–Crippen MR) is 177 cm³/mol. The van der Waals surface area contributed by atoms with Gasteiger partial charge in [0, 0.05) is 37.9 Å². The normalized spacial score (nSPS) is 14.2. The third-order valence-corrected chi connectivity index (χ3v) is 8.61. The minimum Gasteiger partial charge on any atom is -0.478 e. The lowest BCUT2D eigenvalue weighted by molar-refractivity contribution is 0.0544. The number of nitrogens with zero attached hydrogens (tertiary/aromatic N) is 4.